The van der Waals surface area contributed by atoms with Gasteiger partial charge in [-0.25, -0.2) is 9.97 Å². The number of hydrogen-bond acceptors (Lipinski definition) is 6. The van der Waals surface area contributed by atoms with Gasteiger partial charge in [0.2, 0.25) is 11.2 Å². The van der Waals surface area contributed by atoms with E-state index in [1.807, 2.05) is 37.3 Å². The van der Waals surface area contributed by atoms with Crippen molar-refractivity contribution in [1.82, 2.24) is 20.2 Å². The number of methoxy groups -OCH3 is 1. The normalized spacial score (nSPS) is 14.4. The first-order chi connectivity index (χ1) is 16.8. The molecule has 0 fully saturated rings. The Morgan fingerprint density at radius 1 is 1.26 bits per heavy atom. The van der Waals surface area contributed by atoms with E-state index in [0.717, 1.165) is 11.1 Å². The molecule has 0 radical (unpaired) electrons. The lowest BCUT2D eigenvalue weighted by Crippen LogP contribution is -2.48. The lowest BCUT2D eigenvalue weighted by atomic mass is 10.0. The molecule has 2 atom stereocenters. The van der Waals surface area contributed by atoms with Crippen LogP contribution in [0.4, 0.5) is 0 Å². The summed E-state index contributed by atoms with van der Waals surface area (Å²) >= 11 is 12.1. The maximum atomic E-state index is 13.3. The summed E-state index contributed by atoms with van der Waals surface area (Å²) in [6.07, 6.45) is 1.51. The average molecular weight is 515 g/mol. The summed E-state index contributed by atoms with van der Waals surface area (Å²) in [7, 11) is 1.58. The Bertz CT molecular complexity index is 1270. The molecule has 10 heteroatoms. The van der Waals surface area contributed by atoms with Crippen LogP contribution in [0, 0.1) is 0 Å². The summed E-state index contributed by atoms with van der Waals surface area (Å²) in [4.78, 5) is 36.1. The summed E-state index contributed by atoms with van der Waals surface area (Å²) in [5.41, 5.74) is 3.11. The van der Waals surface area contributed by atoms with Crippen molar-refractivity contribution in [2.45, 2.75) is 32.0 Å². The standard InChI is InChI=1S/C25H24Cl2N4O4/c1-14(15-4-3-5-18(10-15)35-2)29-23(33)21(8-9-32)31-13-17-7-6-16(11-19(17)24(31)34)22-20(26)12-28-25(27)30-22/h3-7,10-12,14,21,32H,8-9,13H2,1-2H3,(H,29,33). The highest BCUT2D eigenvalue weighted by Crippen LogP contribution is 2.32. The number of benzene rings is 2. The molecule has 1 aromatic heterocycles. The minimum atomic E-state index is -0.839. The van der Waals surface area contributed by atoms with Crippen LogP contribution in [0.1, 0.15) is 40.9 Å². The Kier molecular flexibility index (Phi) is 7.54. The summed E-state index contributed by atoms with van der Waals surface area (Å²) < 4.78 is 5.26. The van der Waals surface area contributed by atoms with Crippen molar-refractivity contribution < 1.29 is 19.4 Å². The number of carbonyl (C=O) groups excluding carboxylic acids is 2. The van der Waals surface area contributed by atoms with E-state index >= 15 is 0 Å². The van der Waals surface area contributed by atoms with Crippen LogP contribution in [0.15, 0.2) is 48.7 Å². The van der Waals surface area contributed by atoms with Gasteiger partial charge in [-0.15, -0.1) is 0 Å². The van der Waals surface area contributed by atoms with Gasteiger partial charge in [0.05, 0.1) is 30.1 Å². The molecule has 0 saturated carbocycles. The average Bonchev–Trinajstić information content (AvgIpc) is 3.19. The van der Waals surface area contributed by atoms with Crippen LogP contribution in [0.3, 0.4) is 0 Å². The van der Waals surface area contributed by atoms with Gasteiger partial charge in [-0.05, 0) is 54.3 Å². The monoisotopic (exact) mass is 514 g/mol. The molecule has 0 bridgehead atoms. The SMILES string of the molecule is COc1cccc(C(C)NC(=O)C(CCO)N2Cc3ccc(-c4nc(Cl)ncc4Cl)cc3C2=O)c1. The van der Waals surface area contributed by atoms with Crippen molar-refractivity contribution in [1.29, 1.82) is 0 Å². The number of ether oxygens (including phenoxy) is 1. The van der Waals surface area contributed by atoms with Gasteiger partial charge in [0, 0.05) is 24.3 Å². The summed E-state index contributed by atoms with van der Waals surface area (Å²) in [5, 5.41) is 13.0. The number of rotatable bonds is 8. The quantitative estimate of drug-likeness (QED) is 0.439. The molecule has 182 valence electrons. The van der Waals surface area contributed by atoms with Crippen molar-refractivity contribution in [3.05, 3.63) is 75.7 Å². The number of nitrogens with zero attached hydrogens (tertiary/aromatic N) is 3. The largest absolute Gasteiger partial charge is 0.497 e. The first-order valence-electron chi connectivity index (χ1n) is 11.0. The zero-order valence-corrected chi connectivity index (χ0v) is 20.7. The van der Waals surface area contributed by atoms with E-state index in [9.17, 15) is 14.7 Å². The van der Waals surface area contributed by atoms with Crippen LogP contribution in [-0.2, 0) is 11.3 Å². The number of amides is 2. The van der Waals surface area contributed by atoms with Crippen LogP contribution in [0.5, 0.6) is 5.75 Å². The van der Waals surface area contributed by atoms with E-state index in [0.29, 0.717) is 27.6 Å². The number of nitrogens with one attached hydrogen (secondary N) is 1. The fourth-order valence-electron chi connectivity index (χ4n) is 4.13. The first-order valence-corrected chi connectivity index (χ1v) is 11.8. The van der Waals surface area contributed by atoms with Crippen LogP contribution < -0.4 is 10.1 Å². The van der Waals surface area contributed by atoms with Crippen LogP contribution >= 0.6 is 23.2 Å². The fourth-order valence-corrected chi connectivity index (χ4v) is 4.46. The second-order valence-corrected chi connectivity index (χ2v) is 8.92. The molecule has 8 nitrogen and oxygen atoms in total. The van der Waals surface area contributed by atoms with Gasteiger partial charge in [0.1, 0.15) is 11.8 Å². The smallest absolute Gasteiger partial charge is 0.255 e. The number of aromatic nitrogens is 2. The molecule has 1 aliphatic rings. The lowest BCUT2D eigenvalue weighted by molar-refractivity contribution is -0.127. The summed E-state index contributed by atoms with van der Waals surface area (Å²) in [5.74, 6) is 0.0312. The van der Waals surface area contributed by atoms with Crippen molar-refractivity contribution in [3.8, 4) is 17.0 Å². The Morgan fingerprint density at radius 3 is 2.80 bits per heavy atom. The van der Waals surface area contributed by atoms with Crippen molar-refractivity contribution in [3.63, 3.8) is 0 Å². The molecule has 2 aromatic carbocycles. The topological polar surface area (TPSA) is 105 Å². The molecule has 2 unspecified atom stereocenters. The third-order valence-corrected chi connectivity index (χ3v) is 6.42. The predicted molar refractivity (Wildman–Crippen MR) is 132 cm³/mol. The molecule has 2 N–H and O–H groups in total. The van der Waals surface area contributed by atoms with Crippen molar-refractivity contribution in [2.75, 3.05) is 13.7 Å². The van der Waals surface area contributed by atoms with Gasteiger partial charge in [0.25, 0.3) is 5.91 Å². The number of fused-ring (bicyclic) bond motifs is 1. The van der Waals surface area contributed by atoms with E-state index in [-0.39, 0.29) is 42.7 Å². The Labute approximate surface area is 212 Å². The molecular formula is C25H24Cl2N4O4. The molecule has 0 saturated heterocycles. The van der Waals surface area contributed by atoms with Crippen LogP contribution in [0.2, 0.25) is 10.3 Å². The van der Waals surface area contributed by atoms with Gasteiger partial charge in [0.15, 0.2) is 0 Å². The maximum Gasteiger partial charge on any atom is 0.255 e. The van der Waals surface area contributed by atoms with E-state index < -0.39 is 6.04 Å². The fraction of sp³-hybridized carbons (Fsp3) is 0.280. The van der Waals surface area contributed by atoms with Gasteiger partial charge in [-0.1, -0.05) is 35.9 Å². The van der Waals surface area contributed by atoms with E-state index in [2.05, 4.69) is 15.3 Å². The molecular weight excluding hydrogens is 491 g/mol. The Morgan fingerprint density at radius 2 is 2.06 bits per heavy atom. The number of halogens is 2. The number of aliphatic hydroxyl groups excluding tert-OH is 1. The summed E-state index contributed by atoms with van der Waals surface area (Å²) in [6.45, 7) is 1.86. The van der Waals surface area contributed by atoms with Gasteiger partial charge in [-0.2, -0.15) is 0 Å². The van der Waals surface area contributed by atoms with Crippen LogP contribution in [0.25, 0.3) is 11.3 Å². The van der Waals surface area contributed by atoms with Crippen molar-refractivity contribution in [2.24, 2.45) is 0 Å². The minimum Gasteiger partial charge on any atom is -0.497 e. The Hall–Kier alpha value is -3.20. The zero-order chi connectivity index (χ0) is 25.1. The van der Waals surface area contributed by atoms with Gasteiger partial charge >= 0.3 is 0 Å². The highest BCUT2D eigenvalue weighted by Gasteiger charge is 2.36. The van der Waals surface area contributed by atoms with E-state index in [1.54, 1.807) is 19.2 Å². The number of hydrogen-bond donors (Lipinski definition) is 2. The summed E-state index contributed by atoms with van der Waals surface area (Å²) in [6, 6.07) is 11.5. The van der Waals surface area contributed by atoms with Crippen molar-refractivity contribution >= 4 is 35.0 Å². The van der Waals surface area contributed by atoms with Crippen LogP contribution in [-0.4, -0.2) is 51.5 Å². The maximum absolute atomic E-state index is 13.3. The third-order valence-electron chi connectivity index (χ3n) is 5.96. The van der Waals surface area contributed by atoms with Gasteiger partial charge < -0.3 is 20.1 Å². The second kappa shape index (κ2) is 10.6. The lowest BCUT2D eigenvalue weighted by Gasteiger charge is -2.28. The molecule has 1 aliphatic heterocycles. The molecule has 0 spiro atoms. The molecule has 3 aromatic rings. The second-order valence-electron chi connectivity index (χ2n) is 8.18. The molecule has 0 aliphatic carbocycles. The molecule has 2 heterocycles. The van der Waals surface area contributed by atoms with E-state index in [1.165, 1.54) is 11.1 Å². The van der Waals surface area contributed by atoms with Gasteiger partial charge in [-0.3, -0.25) is 9.59 Å². The first kappa shape index (κ1) is 24.9. The predicted octanol–water partition coefficient (Wildman–Crippen LogP) is 4.04. The molecule has 35 heavy (non-hydrogen) atoms. The van der Waals surface area contributed by atoms with E-state index in [4.69, 9.17) is 27.9 Å². The minimum absolute atomic E-state index is 0.0442. The number of carbonyl (C=O) groups is 2. The zero-order valence-electron chi connectivity index (χ0n) is 19.2. The third kappa shape index (κ3) is 5.24. The number of aliphatic hydroxyl groups is 1. The molecule has 4 rings (SSSR count). The molecule has 2 amide bonds. The Balaban J connectivity index is 1.56. The highest BCUT2D eigenvalue weighted by atomic mass is 35.5. The highest BCUT2D eigenvalue weighted by molar-refractivity contribution is 6.33.